The molecule has 0 heterocycles. The average molecular weight is 307 g/mol. The highest BCUT2D eigenvalue weighted by Gasteiger charge is 2.21. The van der Waals surface area contributed by atoms with Gasteiger partial charge in [-0.25, -0.2) is 0 Å². The molecule has 106 valence electrons. The molecule has 0 saturated carbocycles. The van der Waals surface area contributed by atoms with Crippen molar-refractivity contribution < 1.29 is 25.9 Å². The van der Waals surface area contributed by atoms with Crippen LogP contribution in [0.5, 0.6) is 0 Å². The molecule has 0 spiro atoms. The standard InChI is InChI=1S/C10H13NO6S2/c1-3-11-6-9-7(2)4-8(18(12,13)14)5-10(9)19(15,16)17/h4-6H,3H2,1-2H3,(H,12,13,14)(H,15,16,17). The largest absolute Gasteiger partial charge is 0.295 e. The summed E-state index contributed by atoms with van der Waals surface area (Å²) in [4.78, 5) is 2.64. The summed E-state index contributed by atoms with van der Waals surface area (Å²) in [5.41, 5.74) is 0.330. The van der Waals surface area contributed by atoms with Crippen LogP contribution < -0.4 is 0 Å². The van der Waals surface area contributed by atoms with Crippen molar-refractivity contribution in [3.05, 3.63) is 23.3 Å². The molecule has 0 radical (unpaired) electrons. The number of benzene rings is 1. The summed E-state index contributed by atoms with van der Waals surface area (Å²) >= 11 is 0. The van der Waals surface area contributed by atoms with Gasteiger partial charge in [0.2, 0.25) is 0 Å². The van der Waals surface area contributed by atoms with Crippen LogP contribution >= 0.6 is 0 Å². The Labute approximate surface area is 111 Å². The van der Waals surface area contributed by atoms with Crippen LogP contribution in [0.25, 0.3) is 0 Å². The van der Waals surface area contributed by atoms with Gasteiger partial charge in [0, 0.05) is 18.3 Å². The fraction of sp³-hybridized carbons (Fsp3) is 0.300. The molecule has 0 aliphatic rings. The summed E-state index contributed by atoms with van der Waals surface area (Å²) < 4.78 is 62.7. The summed E-state index contributed by atoms with van der Waals surface area (Å²) in [6, 6.07) is 1.79. The molecule has 1 aromatic carbocycles. The van der Waals surface area contributed by atoms with E-state index in [9.17, 15) is 16.8 Å². The first-order chi connectivity index (χ1) is 8.57. The van der Waals surface area contributed by atoms with E-state index >= 15 is 0 Å². The van der Waals surface area contributed by atoms with E-state index in [-0.39, 0.29) is 11.1 Å². The number of aliphatic imine (C=N–C) groups is 1. The summed E-state index contributed by atoms with van der Waals surface area (Å²) in [5, 5.41) is 0. The number of hydrogen-bond donors (Lipinski definition) is 2. The lowest BCUT2D eigenvalue weighted by Gasteiger charge is -2.08. The molecule has 1 aromatic rings. The van der Waals surface area contributed by atoms with Gasteiger partial charge in [-0.1, -0.05) is 0 Å². The van der Waals surface area contributed by atoms with Crippen molar-refractivity contribution in [3.63, 3.8) is 0 Å². The molecule has 0 fully saturated rings. The third kappa shape index (κ3) is 3.83. The predicted octanol–water partition coefficient (Wildman–Crippen LogP) is 0.927. The Bertz CT molecular complexity index is 719. The fourth-order valence-electron chi connectivity index (χ4n) is 1.44. The van der Waals surface area contributed by atoms with Crippen LogP contribution in [0.2, 0.25) is 0 Å². The molecule has 0 unspecified atom stereocenters. The van der Waals surface area contributed by atoms with E-state index in [1.807, 2.05) is 0 Å². The molecular weight excluding hydrogens is 294 g/mol. The first kappa shape index (κ1) is 15.8. The fourth-order valence-corrected chi connectivity index (χ4v) is 2.88. The molecule has 0 bridgehead atoms. The highest BCUT2D eigenvalue weighted by atomic mass is 32.2. The van der Waals surface area contributed by atoms with Gasteiger partial charge in [-0.2, -0.15) is 16.8 Å². The Kier molecular flexibility index (Phi) is 4.46. The van der Waals surface area contributed by atoms with Crippen LogP contribution in [-0.4, -0.2) is 38.7 Å². The van der Waals surface area contributed by atoms with Crippen molar-refractivity contribution in [3.8, 4) is 0 Å². The number of rotatable bonds is 4. The highest BCUT2D eigenvalue weighted by Crippen LogP contribution is 2.23. The molecule has 1 rings (SSSR count). The third-order valence-electron chi connectivity index (χ3n) is 2.30. The topological polar surface area (TPSA) is 121 Å². The van der Waals surface area contributed by atoms with E-state index in [4.69, 9.17) is 9.11 Å². The van der Waals surface area contributed by atoms with Gasteiger partial charge in [-0.15, -0.1) is 0 Å². The first-order valence-electron chi connectivity index (χ1n) is 5.16. The van der Waals surface area contributed by atoms with Crippen LogP contribution in [0.1, 0.15) is 18.1 Å². The van der Waals surface area contributed by atoms with E-state index < -0.39 is 30.0 Å². The van der Waals surface area contributed by atoms with E-state index in [2.05, 4.69) is 4.99 Å². The van der Waals surface area contributed by atoms with Crippen LogP contribution in [-0.2, 0) is 20.2 Å². The van der Waals surface area contributed by atoms with Gasteiger partial charge in [-0.05, 0) is 31.5 Å². The first-order valence-corrected chi connectivity index (χ1v) is 8.05. The van der Waals surface area contributed by atoms with E-state index in [1.54, 1.807) is 6.92 Å². The minimum absolute atomic E-state index is 0.0803. The molecule has 0 atom stereocenters. The Morgan fingerprint density at radius 1 is 1.16 bits per heavy atom. The van der Waals surface area contributed by atoms with Gasteiger partial charge in [0.15, 0.2) is 0 Å². The summed E-state index contributed by atoms with van der Waals surface area (Å²) in [6.45, 7) is 3.57. The second-order valence-corrected chi connectivity index (χ2v) is 6.54. The van der Waals surface area contributed by atoms with Crippen LogP contribution in [0, 0.1) is 6.92 Å². The predicted molar refractivity (Wildman–Crippen MR) is 68.9 cm³/mol. The zero-order chi connectivity index (χ0) is 14.8. The Hall–Kier alpha value is -1.29. The van der Waals surface area contributed by atoms with E-state index in [1.165, 1.54) is 13.1 Å². The van der Waals surface area contributed by atoms with Crippen LogP contribution in [0.4, 0.5) is 0 Å². The Balaban J connectivity index is 3.72. The zero-order valence-corrected chi connectivity index (χ0v) is 11.9. The van der Waals surface area contributed by atoms with Crippen molar-refractivity contribution in [1.82, 2.24) is 0 Å². The molecule has 0 amide bonds. The molecule has 9 heteroatoms. The van der Waals surface area contributed by atoms with E-state index in [0.717, 1.165) is 6.07 Å². The van der Waals surface area contributed by atoms with Gasteiger partial charge in [0.1, 0.15) is 4.90 Å². The third-order valence-corrected chi connectivity index (χ3v) is 4.03. The lowest BCUT2D eigenvalue weighted by Crippen LogP contribution is -2.08. The molecular formula is C10H13NO6S2. The highest BCUT2D eigenvalue weighted by molar-refractivity contribution is 7.86. The maximum atomic E-state index is 11.3. The van der Waals surface area contributed by atoms with Gasteiger partial charge >= 0.3 is 0 Å². The molecule has 0 saturated heterocycles. The van der Waals surface area contributed by atoms with Crippen molar-refractivity contribution >= 4 is 26.5 Å². The van der Waals surface area contributed by atoms with Crippen LogP contribution in [0.15, 0.2) is 26.9 Å². The smallest absolute Gasteiger partial charge is 0.293 e. The molecule has 0 aliphatic heterocycles. The minimum Gasteiger partial charge on any atom is -0.293 e. The Morgan fingerprint density at radius 2 is 1.74 bits per heavy atom. The normalized spacial score (nSPS) is 13.1. The zero-order valence-electron chi connectivity index (χ0n) is 10.2. The summed E-state index contributed by atoms with van der Waals surface area (Å²) in [7, 11) is -9.20. The average Bonchev–Trinajstić information content (AvgIpc) is 2.23. The SMILES string of the molecule is CCN=Cc1c(C)cc(S(=O)(=O)O)cc1S(=O)(=O)O. The summed E-state index contributed by atoms with van der Waals surface area (Å²) in [5.74, 6) is 0. The maximum absolute atomic E-state index is 11.3. The number of hydrogen-bond acceptors (Lipinski definition) is 5. The number of aryl methyl sites for hydroxylation is 1. The van der Waals surface area contributed by atoms with Crippen molar-refractivity contribution in [2.45, 2.75) is 23.6 Å². The lowest BCUT2D eigenvalue weighted by atomic mass is 10.1. The van der Waals surface area contributed by atoms with Gasteiger partial charge in [0.05, 0.1) is 4.90 Å². The minimum atomic E-state index is -4.64. The molecule has 19 heavy (non-hydrogen) atoms. The second kappa shape index (κ2) is 5.37. The van der Waals surface area contributed by atoms with Gasteiger partial charge < -0.3 is 0 Å². The Morgan fingerprint density at radius 3 is 2.16 bits per heavy atom. The molecule has 7 nitrogen and oxygen atoms in total. The molecule has 0 aromatic heterocycles. The van der Waals surface area contributed by atoms with Crippen LogP contribution in [0.3, 0.4) is 0 Å². The van der Waals surface area contributed by atoms with Crippen molar-refractivity contribution in [2.75, 3.05) is 6.54 Å². The van der Waals surface area contributed by atoms with Crippen molar-refractivity contribution in [2.24, 2.45) is 4.99 Å². The monoisotopic (exact) mass is 307 g/mol. The van der Waals surface area contributed by atoms with Gasteiger partial charge in [-0.3, -0.25) is 14.1 Å². The quantitative estimate of drug-likeness (QED) is 0.630. The van der Waals surface area contributed by atoms with E-state index in [0.29, 0.717) is 12.6 Å². The lowest BCUT2D eigenvalue weighted by molar-refractivity contribution is 0.481. The maximum Gasteiger partial charge on any atom is 0.295 e. The molecule has 0 aliphatic carbocycles. The molecule has 2 N–H and O–H groups in total. The second-order valence-electron chi connectivity index (χ2n) is 3.73. The summed E-state index contributed by atoms with van der Waals surface area (Å²) in [6.07, 6.45) is 1.23. The van der Waals surface area contributed by atoms with Gasteiger partial charge in [0.25, 0.3) is 20.2 Å². The number of nitrogens with zero attached hydrogens (tertiary/aromatic N) is 1. The van der Waals surface area contributed by atoms with Crippen molar-refractivity contribution in [1.29, 1.82) is 0 Å².